The summed E-state index contributed by atoms with van der Waals surface area (Å²) in [6.45, 7) is 10.8. The first-order valence-corrected chi connectivity index (χ1v) is 13.5. The quantitative estimate of drug-likeness (QED) is 0.343. The number of rotatable bonds is 7. The van der Waals surface area contributed by atoms with Gasteiger partial charge in [-0.25, -0.2) is 4.79 Å². The van der Waals surface area contributed by atoms with Gasteiger partial charge in [0.15, 0.2) is 0 Å². The Hall–Kier alpha value is -3.30. The molecule has 1 unspecified atom stereocenters. The van der Waals surface area contributed by atoms with E-state index in [1.807, 2.05) is 56.9 Å². The first-order valence-electron chi connectivity index (χ1n) is 13.1. The van der Waals surface area contributed by atoms with Crippen LogP contribution in [-0.2, 0) is 24.6 Å². The molecule has 2 N–H and O–H groups in total. The standard InChI is InChI=1S/C29H38N6O2S/c1-20(34-12-14-35(15-13-34)28(36)37-29(2,3)4)21-8-10-31-24(16-21)19-25(38)17-22-6-7-23(18-26(22)30)27-9-11-32-33(27)5/h6-11,16,18,20H,12-15,17,19,30H2,1-5H3. The van der Waals surface area contributed by atoms with Crippen LogP contribution < -0.4 is 5.73 Å². The number of hydrogen-bond acceptors (Lipinski definition) is 7. The van der Waals surface area contributed by atoms with Crippen LogP contribution in [-0.4, -0.2) is 67.3 Å². The van der Waals surface area contributed by atoms with E-state index in [-0.39, 0.29) is 12.1 Å². The Morgan fingerprint density at radius 3 is 2.45 bits per heavy atom. The third-order valence-electron chi connectivity index (χ3n) is 6.87. The van der Waals surface area contributed by atoms with E-state index >= 15 is 0 Å². The van der Waals surface area contributed by atoms with Crippen molar-refractivity contribution in [3.63, 3.8) is 0 Å². The van der Waals surface area contributed by atoms with Gasteiger partial charge < -0.3 is 15.4 Å². The summed E-state index contributed by atoms with van der Waals surface area (Å²) in [7, 11) is 1.92. The molecular formula is C29H38N6O2S. The van der Waals surface area contributed by atoms with E-state index in [2.05, 4.69) is 40.1 Å². The lowest BCUT2D eigenvalue weighted by atomic mass is 10.0. The molecule has 3 heterocycles. The Morgan fingerprint density at radius 1 is 1.08 bits per heavy atom. The minimum atomic E-state index is -0.482. The van der Waals surface area contributed by atoms with Crippen molar-refractivity contribution < 1.29 is 9.53 Å². The number of thiocarbonyl (C=S) groups is 1. The number of ether oxygens (including phenoxy) is 1. The maximum atomic E-state index is 12.4. The summed E-state index contributed by atoms with van der Waals surface area (Å²) < 4.78 is 7.36. The summed E-state index contributed by atoms with van der Waals surface area (Å²) in [5.74, 6) is 0. The van der Waals surface area contributed by atoms with E-state index in [1.165, 1.54) is 5.56 Å². The zero-order valence-electron chi connectivity index (χ0n) is 23.0. The molecule has 0 aliphatic carbocycles. The zero-order valence-corrected chi connectivity index (χ0v) is 23.8. The van der Waals surface area contributed by atoms with Crippen LogP contribution in [0.4, 0.5) is 10.5 Å². The molecule has 3 aromatic rings. The molecule has 0 bridgehead atoms. The van der Waals surface area contributed by atoms with E-state index in [1.54, 1.807) is 11.1 Å². The largest absolute Gasteiger partial charge is 0.444 e. The Balaban J connectivity index is 1.33. The van der Waals surface area contributed by atoms with Crippen LogP contribution in [0.25, 0.3) is 11.3 Å². The van der Waals surface area contributed by atoms with E-state index < -0.39 is 5.60 Å². The molecule has 0 saturated carbocycles. The van der Waals surface area contributed by atoms with Gasteiger partial charge in [-0.15, -0.1) is 0 Å². The highest BCUT2D eigenvalue weighted by atomic mass is 32.1. The lowest BCUT2D eigenvalue weighted by Crippen LogP contribution is -2.50. The first kappa shape index (κ1) is 27.7. The molecule has 38 heavy (non-hydrogen) atoms. The topological polar surface area (TPSA) is 89.5 Å². The number of carbonyl (C=O) groups excluding carboxylic acids is 1. The van der Waals surface area contributed by atoms with Crippen LogP contribution in [0, 0.1) is 0 Å². The van der Waals surface area contributed by atoms with E-state index in [0.29, 0.717) is 25.9 Å². The number of nitrogens with zero attached hydrogens (tertiary/aromatic N) is 5. The molecule has 1 fully saturated rings. The van der Waals surface area contributed by atoms with Crippen molar-refractivity contribution in [1.82, 2.24) is 24.6 Å². The number of benzene rings is 1. The van der Waals surface area contributed by atoms with Gasteiger partial charge in [-0.2, -0.15) is 5.10 Å². The monoisotopic (exact) mass is 534 g/mol. The molecule has 0 spiro atoms. The zero-order chi connectivity index (χ0) is 27.4. The lowest BCUT2D eigenvalue weighted by molar-refractivity contribution is 0.0110. The number of aromatic nitrogens is 3. The second-order valence-electron chi connectivity index (χ2n) is 10.9. The van der Waals surface area contributed by atoms with E-state index in [0.717, 1.165) is 46.2 Å². The van der Waals surface area contributed by atoms with Gasteiger partial charge in [0.1, 0.15) is 5.60 Å². The SMILES string of the molecule is CC(c1ccnc(CC(=S)Cc2ccc(-c3ccnn3C)cc2N)c1)N1CCN(C(=O)OC(C)(C)C)CC1. The van der Waals surface area contributed by atoms with Crippen LogP contribution >= 0.6 is 12.2 Å². The number of amides is 1. The van der Waals surface area contributed by atoms with Gasteiger partial charge in [0.2, 0.25) is 0 Å². The Kier molecular flexibility index (Phi) is 8.47. The first-order chi connectivity index (χ1) is 18.0. The molecule has 1 atom stereocenters. The summed E-state index contributed by atoms with van der Waals surface area (Å²) >= 11 is 5.75. The predicted molar refractivity (Wildman–Crippen MR) is 155 cm³/mol. The third-order valence-corrected chi connectivity index (χ3v) is 7.15. The maximum absolute atomic E-state index is 12.4. The number of hydrogen-bond donors (Lipinski definition) is 1. The van der Waals surface area contributed by atoms with E-state index in [9.17, 15) is 4.79 Å². The highest BCUT2D eigenvalue weighted by Crippen LogP contribution is 2.25. The number of pyridine rings is 1. The molecule has 1 aromatic carbocycles. The van der Waals surface area contributed by atoms with Gasteiger partial charge in [0.25, 0.3) is 0 Å². The number of nitrogen functional groups attached to an aromatic ring is 1. The molecule has 1 amide bonds. The molecule has 202 valence electrons. The maximum Gasteiger partial charge on any atom is 0.410 e. The highest BCUT2D eigenvalue weighted by Gasteiger charge is 2.28. The Bertz CT molecular complexity index is 1290. The smallest absolute Gasteiger partial charge is 0.410 e. The second-order valence-corrected chi connectivity index (χ2v) is 11.5. The minimum Gasteiger partial charge on any atom is -0.444 e. The molecule has 8 nitrogen and oxygen atoms in total. The van der Waals surface area contributed by atoms with Crippen molar-refractivity contribution in [3.05, 3.63) is 65.6 Å². The van der Waals surface area contributed by atoms with Gasteiger partial charge in [-0.1, -0.05) is 24.4 Å². The van der Waals surface area contributed by atoms with Gasteiger partial charge in [0, 0.05) is 86.3 Å². The molecule has 0 radical (unpaired) electrons. The Labute approximate surface area is 230 Å². The normalized spacial score (nSPS) is 15.3. The average molecular weight is 535 g/mol. The number of carbonyl (C=O) groups is 1. The summed E-state index contributed by atoms with van der Waals surface area (Å²) in [4.78, 5) is 22.1. The fraction of sp³-hybridized carbons (Fsp3) is 0.448. The van der Waals surface area contributed by atoms with Gasteiger partial charge >= 0.3 is 6.09 Å². The van der Waals surface area contributed by atoms with Crippen molar-refractivity contribution in [2.75, 3.05) is 31.9 Å². The van der Waals surface area contributed by atoms with Crippen LogP contribution in [0.5, 0.6) is 0 Å². The van der Waals surface area contributed by atoms with Crippen molar-refractivity contribution in [2.24, 2.45) is 7.05 Å². The highest BCUT2D eigenvalue weighted by molar-refractivity contribution is 7.80. The molecule has 4 rings (SSSR count). The van der Waals surface area contributed by atoms with Crippen LogP contribution in [0.15, 0.2) is 48.8 Å². The van der Waals surface area contributed by atoms with Gasteiger partial charge in [-0.3, -0.25) is 14.6 Å². The summed E-state index contributed by atoms with van der Waals surface area (Å²) in [6, 6.07) is 12.5. The fourth-order valence-corrected chi connectivity index (χ4v) is 5.04. The summed E-state index contributed by atoms with van der Waals surface area (Å²) in [6.07, 6.45) is 4.64. The van der Waals surface area contributed by atoms with Gasteiger partial charge in [-0.05, 0) is 63.1 Å². The van der Waals surface area contributed by atoms with Crippen LogP contribution in [0.1, 0.15) is 50.6 Å². The minimum absolute atomic E-state index is 0.210. The fourth-order valence-electron chi connectivity index (χ4n) is 4.73. The third kappa shape index (κ3) is 6.96. The average Bonchev–Trinajstić information content (AvgIpc) is 3.30. The number of nitrogens with two attached hydrogens (primary N) is 1. The number of anilines is 1. The van der Waals surface area contributed by atoms with Crippen LogP contribution in [0.3, 0.4) is 0 Å². The van der Waals surface area contributed by atoms with E-state index in [4.69, 9.17) is 22.7 Å². The summed E-state index contributed by atoms with van der Waals surface area (Å²) in [5, 5.41) is 4.24. The molecule has 1 saturated heterocycles. The summed E-state index contributed by atoms with van der Waals surface area (Å²) in [5.41, 5.74) is 11.9. The number of aryl methyl sites for hydroxylation is 1. The molecule has 2 aromatic heterocycles. The van der Waals surface area contributed by atoms with Crippen LogP contribution in [0.2, 0.25) is 0 Å². The molecular weight excluding hydrogens is 496 g/mol. The Morgan fingerprint density at radius 2 is 1.82 bits per heavy atom. The lowest BCUT2D eigenvalue weighted by Gasteiger charge is -2.38. The van der Waals surface area contributed by atoms with Crippen molar-refractivity contribution in [1.29, 1.82) is 0 Å². The van der Waals surface area contributed by atoms with Crippen molar-refractivity contribution in [2.45, 2.75) is 52.2 Å². The second kappa shape index (κ2) is 11.6. The van der Waals surface area contributed by atoms with Crippen molar-refractivity contribution >= 4 is 28.9 Å². The molecule has 1 aliphatic rings. The number of piperazine rings is 1. The molecule has 1 aliphatic heterocycles. The van der Waals surface area contributed by atoms with Crippen molar-refractivity contribution in [3.8, 4) is 11.3 Å². The predicted octanol–water partition coefficient (Wildman–Crippen LogP) is 4.83. The molecule has 9 heteroatoms. The van der Waals surface area contributed by atoms with Gasteiger partial charge in [0.05, 0.1) is 5.69 Å².